The number of hydrogen-bond acceptors (Lipinski definition) is 0. The molecule has 2 heteroatoms. The molecule has 148 valence electrons. The van der Waals surface area contributed by atoms with Crippen molar-refractivity contribution in [2.75, 3.05) is 0 Å². The number of fused-ring (bicyclic) bond motifs is 4. The van der Waals surface area contributed by atoms with Gasteiger partial charge in [-0.3, -0.25) is 0 Å². The van der Waals surface area contributed by atoms with E-state index in [-0.39, 0.29) is 0 Å². The van der Waals surface area contributed by atoms with Crippen molar-refractivity contribution in [3.05, 3.63) is 126 Å². The summed E-state index contributed by atoms with van der Waals surface area (Å²) >= 11 is 0. The molecule has 0 aliphatic heterocycles. The van der Waals surface area contributed by atoms with Gasteiger partial charge in [0.1, 0.15) is 5.52 Å². The second-order valence-corrected chi connectivity index (χ2v) is 8.10. The largest absolute Gasteiger partial charge is 0.331 e. The number of aromatic nitrogens is 2. The molecule has 2 aromatic heterocycles. The maximum absolute atomic E-state index is 2.49. The molecule has 0 amide bonds. The molecule has 0 radical (unpaired) electrons. The summed E-state index contributed by atoms with van der Waals surface area (Å²) in [5.41, 5.74) is 7.74. The smallest absolute Gasteiger partial charge is 0.239 e. The third-order valence-corrected chi connectivity index (χ3v) is 6.14. The Labute approximate surface area is 181 Å². The van der Waals surface area contributed by atoms with E-state index in [1.807, 2.05) is 0 Å². The predicted molar refractivity (Wildman–Crippen MR) is 128 cm³/mol. The lowest BCUT2D eigenvalue weighted by Gasteiger charge is -2.08. The van der Waals surface area contributed by atoms with Gasteiger partial charge < -0.3 is 4.57 Å². The van der Waals surface area contributed by atoms with E-state index in [0.29, 0.717) is 0 Å². The molecule has 31 heavy (non-hydrogen) atoms. The summed E-state index contributed by atoms with van der Waals surface area (Å²) in [4.78, 5) is 0. The van der Waals surface area contributed by atoms with Crippen LogP contribution in [0, 0.1) is 0 Å². The Morgan fingerprint density at radius 1 is 0.581 bits per heavy atom. The second kappa shape index (κ2) is 7.41. The fraction of sp³-hybridized carbons (Fsp3) is 0.0690. The lowest BCUT2D eigenvalue weighted by atomic mass is 10.1. The minimum Gasteiger partial charge on any atom is -0.331 e. The van der Waals surface area contributed by atoms with Gasteiger partial charge in [-0.1, -0.05) is 84.9 Å². The van der Waals surface area contributed by atoms with Crippen molar-refractivity contribution in [1.29, 1.82) is 0 Å². The highest BCUT2D eigenvalue weighted by atomic mass is 15.0. The van der Waals surface area contributed by atoms with Crippen molar-refractivity contribution in [2.45, 2.75) is 13.1 Å². The molecule has 6 rings (SSSR count). The molecule has 0 saturated carbocycles. The fourth-order valence-electron chi connectivity index (χ4n) is 4.72. The fourth-order valence-corrected chi connectivity index (χ4v) is 4.72. The van der Waals surface area contributed by atoms with Crippen LogP contribution in [-0.2, 0) is 13.1 Å². The third kappa shape index (κ3) is 3.08. The van der Waals surface area contributed by atoms with Crippen molar-refractivity contribution < 1.29 is 4.57 Å². The maximum atomic E-state index is 2.49. The average Bonchev–Trinajstić information content (AvgIpc) is 3.14. The molecule has 0 aliphatic carbocycles. The Hall–Kier alpha value is -3.91. The first-order chi connectivity index (χ1) is 15.4. The van der Waals surface area contributed by atoms with Crippen LogP contribution in [0.3, 0.4) is 0 Å². The van der Waals surface area contributed by atoms with E-state index < -0.39 is 0 Å². The van der Waals surface area contributed by atoms with Crippen molar-refractivity contribution in [3.8, 4) is 0 Å². The predicted octanol–water partition coefficient (Wildman–Crippen LogP) is 6.33. The first-order valence-corrected chi connectivity index (χ1v) is 10.8. The van der Waals surface area contributed by atoms with Gasteiger partial charge in [0, 0.05) is 23.6 Å². The monoisotopic (exact) mass is 399 g/mol. The van der Waals surface area contributed by atoms with Gasteiger partial charge >= 0.3 is 0 Å². The second-order valence-electron chi connectivity index (χ2n) is 8.10. The summed E-state index contributed by atoms with van der Waals surface area (Å²) < 4.78 is 4.96. The Morgan fingerprint density at radius 3 is 2.03 bits per heavy atom. The van der Waals surface area contributed by atoms with E-state index in [2.05, 4.69) is 124 Å². The maximum Gasteiger partial charge on any atom is 0.239 e. The highest BCUT2D eigenvalue weighted by molar-refractivity contribution is 6.06. The van der Waals surface area contributed by atoms with Crippen LogP contribution in [0.5, 0.6) is 0 Å². The van der Waals surface area contributed by atoms with Gasteiger partial charge in [-0.15, -0.1) is 0 Å². The molecule has 0 bridgehead atoms. The third-order valence-electron chi connectivity index (χ3n) is 6.14. The zero-order valence-electron chi connectivity index (χ0n) is 17.3. The normalized spacial score (nSPS) is 11.5. The lowest BCUT2D eigenvalue weighted by Crippen LogP contribution is -2.36. The van der Waals surface area contributed by atoms with Crippen LogP contribution in [0.25, 0.3) is 32.8 Å². The number of nitrogens with zero attached hydrogens (tertiary/aromatic N) is 2. The number of para-hydroxylation sites is 2. The average molecular weight is 400 g/mol. The zero-order valence-corrected chi connectivity index (χ0v) is 17.3. The van der Waals surface area contributed by atoms with E-state index in [1.54, 1.807) is 0 Å². The summed E-state index contributed by atoms with van der Waals surface area (Å²) in [6, 6.07) is 41.4. The quantitative estimate of drug-likeness (QED) is 0.306. The van der Waals surface area contributed by atoms with E-state index >= 15 is 0 Å². The summed E-state index contributed by atoms with van der Waals surface area (Å²) in [6.45, 7) is 1.70. The topological polar surface area (TPSA) is 8.81 Å². The van der Waals surface area contributed by atoms with Crippen LogP contribution in [0.2, 0.25) is 0 Å². The number of rotatable bonds is 4. The first-order valence-electron chi connectivity index (χ1n) is 10.8. The molecular weight excluding hydrogens is 376 g/mol. The van der Waals surface area contributed by atoms with Crippen LogP contribution in [0.15, 0.2) is 115 Å². The van der Waals surface area contributed by atoms with Crippen molar-refractivity contribution in [2.24, 2.45) is 0 Å². The Balaban J connectivity index is 1.70. The first kappa shape index (κ1) is 17.9. The SMILES string of the molecule is c1ccc(Cn2c3ccccc3c3c2cc2ccccc2[n+]3Cc2ccccc2)cc1. The van der Waals surface area contributed by atoms with Crippen molar-refractivity contribution in [1.82, 2.24) is 4.57 Å². The van der Waals surface area contributed by atoms with Crippen LogP contribution in [0.4, 0.5) is 0 Å². The van der Waals surface area contributed by atoms with Crippen LogP contribution in [-0.4, -0.2) is 4.57 Å². The van der Waals surface area contributed by atoms with Gasteiger partial charge in [-0.25, -0.2) is 0 Å². The number of pyridine rings is 1. The van der Waals surface area contributed by atoms with Gasteiger partial charge in [0.05, 0.1) is 10.9 Å². The van der Waals surface area contributed by atoms with Gasteiger partial charge in [0.25, 0.3) is 0 Å². The van der Waals surface area contributed by atoms with Crippen LogP contribution < -0.4 is 4.57 Å². The highest BCUT2D eigenvalue weighted by Gasteiger charge is 2.23. The molecular formula is C29H23N2+. The molecule has 0 N–H and O–H groups in total. The lowest BCUT2D eigenvalue weighted by molar-refractivity contribution is -0.635. The van der Waals surface area contributed by atoms with Gasteiger partial charge in [0.2, 0.25) is 11.0 Å². The highest BCUT2D eigenvalue weighted by Crippen LogP contribution is 2.30. The molecule has 6 aromatic rings. The Bertz CT molecular complexity index is 1510. The zero-order chi connectivity index (χ0) is 20.6. The minimum absolute atomic E-state index is 0.845. The van der Waals surface area contributed by atoms with Crippen molar-refractivity contribution in [3.63, 3.8) is 0 Å². The standard InChI is InChI=1S/C29H23N2/c1-3-11-22(12-4-1)20-30-27-18-10-8-16-25(27)29-28(30)19-24-15-7-9-17-26(24)31(29)21-23-13-5-2-6-14-23/h1-19H,20-21H2/q+1. The molecule has 0 unspecified atom stereocenters. The minimum atomic E-state index is 0.845. The van der Waals surface area contributed by atoms with E-state index in [1.165, 1.54) is 44.0 Å². The van der Waals surface area contributed by atoms with Gasteiger partial charge in [0.15, 0.2) is 6.54 Å². The number of hydrogen-bond donors (Lipinski definition) is 0. The Kier molecular flexibility index (Phi) is 4.28. The summed E-state index contributed by atoms with van der Waals surface area (Å²) in [5, 5.41) is 2.57. The van der Waals surface area contributed by atoms with Crippen molar-refractivity contribution >= 4 is 32.8 Å². The summed E-state index contributed by atoms with van der Waals surface area (Å²) in [5.74, 6) is 0. The Morgan fingerprint density at radius 2 is 1.23 bits per heavy atom. The molecule has 4 aromatic carbocycles. The summed E-state index contributed by atoms with van der Waals surface area (Å²) in [7, 11) is 0. The molecule has 0 atom stereocenters. The molecule has 2 nitrogen and oxygen atoms in total. The van der Waals surface area contributed by atoms with Crippen LogP contribution in [0.1, 0.15) is 11.1 Å². The van der Waals surface area contributed by atoms with Gasteiger partial charge in [-0.05, 0) is 29.8 Å². The molecule has 2 heterocycles. The molecule has 0 fully saturated rings. The molecule has 0 spiro atoms. The summed E-state index contributed by atoms with van der Waals surface area (Å²) in [6.07, 6.45) is 0. The van der Waals surface area contributed by atoms with Crippen LogP contribution >= 0.6 is 0 Å². The van der Waals surface area contributed by atoms with E-state index in [4.69, 9.17) is 0 Å². The van der Waals surface area contributed by atoms with Gasteiger partial charge in [-0.2, -0.15) is 4.57 Å². The van der Waals surface area contributed by atoms with E-state index in [0.717, 1.165) is 13.1 Å². The number of benzene rings is 4. The molecule has 0 saturated heterocycles. The molecule has 0 aliphatic rings. The van der Waals surface area contributed by atoms with E-state index in [9.17, 15) is 0 Å².